The molecule has 1 unspecified atom stereocenters. The average molecular weight is 395 g/mol. The third-order valence-corrected chi connectivity index (χ3v) is 5.62. The second kappa shape index (κ2) is 7.66. The molecule has 142 valence electrons. The molecule has 0 bridgehead atoms. The Morgan fingerprint density at radius 1 is 1.04 bits per heavy atom. The minimum Gasteiger partial charge on any atom is -0.329 e. The van der Waals surface area contributed by atoms with E-state index in [1.165, 1.54) is 0 Å². The molecule has 0 aliphatic heterocycles. The summed E-state index contributed by atoms with van der Waals surface area (Å²) in [5, 5.41) is 6.43. The van der Waals surface area contributed by atoms with Crippen molar-refractivity contribution in [2.45, 2.75) is 18.9 Å². The predicted molar refractivity (Wildman–Crippen MR) is 95.3 cm³/mol. The molecule has 0 amide bonds. The van der Waals surface area contributed by atoms with Gasteiger partial charge in [-0.15, -0.1) is 0 Å². The van der Waals surface area contributed by atoms with Crippen molar-refractivity contribution >= 4 is 7.29 Å². The van der Waals surface area contributed by atoms with Gasteiger partial charge in [0.05, 0.1) is 0 Å². The van der Waals surface area contributed by atoms with E-state index >= 15 is 0 Å². The molecule has 0 saturated heterocycles. The summed E-state index contributed by atoms with van der Waals surface area (Å²) in [5.41, 5.74) is 2.22. The van der Waals surface area contributed by atoms with Gasteiger partial charge in [0, 0.05) is 24.9 Å². The van der Waals surface area contributed by atoms with Crippen LogP contribution in [-0.4, -0.2) is 16.8 Å². The van der Waals surface area contributed by atoms with Crippen molar-refractivity contribution in [1.29, 1.82) is 0 Å². The lowest BCUT2D eigenvalue weighted by atomic mass is 10.1. The quantitative estimate of drug-likeness (QED) is 0.598. The van der Waals surface area contributed by atoms with Gasteiger partial charge in [0.25, 0.3) is 0 Å². The maximum absolute atomic E-state index is 12.7. The molecular weight excluding hydrogens is 378 g/mol. The average Bonchev–Trinajstić information content (AvgIpc) is 3.12. The highest BCUT2D eigenvalue weighted by molar-refractivity contribution is 7.60. The molecule has 9 heteroatoms. The van der Waals surface area contributed by atoms with Gasteiger partial charge >= 0.3 is 12.1 Å². The molecule has 1 heterocycles. The zero-order valence-corrected chi connectivity index (χ0v) is 15.3. The van der Waals surface area contributed by atoms with Crippen LogP contribution in [0.15, 0.2) is 59.1 Å². The van der Waals surface area contributed by atoms with Crippen LogP contribution in [-0.2, 0) is 23.4 Å². The van der Waals surface area contributed by atoms with E-state index in [-0.39, 0.29) is 5.82 Å². The highest BCUT2D eigenvalue weighted by atomic mass is 31.2. The zero-order valence-electron chi connectivity index (χ0n) is 14.4. The van der Waals surface area contributed by atoms with Gasteiger partial charge in [0.1, 0.15) is 7.29 Å². The second-order valence-electron chi connectivity index (χ2n) is 6.20. The number of benzene rings is 2. The highest BCUT2D eigenvalue weighted by Gasteiger charge is 2.38. The Hall–Kier alpha value is -2.44. The Morgan fingerprint density at radius 3 is 2.30 bits per heavy atom. The van der Waals surface area contributed by atoms with Crippen molar-refractivity contribution in [2.24, 2.45) is 0 Å². The number of halogens is 3. The molecular formula is C18H17F3N3O2P. The molecule has 0 fully saturated rings. The van der Waals surface area contributed by atoms with Gasteiger partial charge in [-0.3, -0.25) is 5.09 Å². The van der Waals surface area contributed by atoms with E-state index < -0.39 is 19.4 Å². The fraction of sp³-hybridized carbons (Fsp3) is 0.222. The van der Waals surface area contributed by atoms with E-state index in [1.54, 1.807) is 30.9 Å². The first-order valence-electron chi connectivity index (χ1n) is 8.09. The number of alkyl halides is 3. The van der Waals surface area contributed by atoms with Crippen molar-refractivity contribution < 1.29 is 22.3 Å². The summed E-state index contributed by atoms with van der Waals surface area (Å²) in [7, 11) is -2.63. The number of aromatic nitrogens is 2. The third-order valence-electron chi connectivity index (χ3n) is 3.83. The van der Waals surface area contributed by atoms with E-state index in [1.807, 2.05) is 30.3 Å². The van der Waals surface area contributed by atoms with Crippen molar-refractivity contribution in [1.82, 2.24) is 15.2 Å². The molecule has 1 atom stereocenters. The summed E-state index contributed by atoms with van der Waals surface area (Å²) in [6.45, 7) is 2.16. The Morgan fingerprint density at radius 2 is 1.70 bits per heavy atom. The Kier molecular flexibility index (Phi) is 5.48. The maximum atomic E-state index is 12.7. The molecule has 1 aromatic heterocycles. The first-order valence-corrected chi connectivity index (χ1v) is 10.4. The van der Waals surface area contributed by atoms with E-state index in [2.05, 4.69) is 19.8 Å². The van der Waals surface area contributed by atoms with E-state index in [4.69, 9.17) is 0 Å². The molecule has 0 spiro atoms. The fourth-order valence-corrected chi connectivity index (χ4v) is 4.01. The molecule has 0 saturated carbocycles. The van der Waals surface area contributed by atoms with Gasteiger partial charge in [0.2, 0.25) is 5.82 Å². The summed E-state index contributed by atoms with van der Waals surface area (Å²) < 4.78 is 54.6. The first-order chi connectivity index (χ1) is 12.7. The Bertz CT molecular complexity index is 940. The molecule has 2 aromatic carbocycles. The van der Waals surface area contributed by atoms with Crippen LogP contribution in [0.3, 0.4) is 0 Å². The van der Waals surface area contributed by atoms with Crippen LogP contribution >= 0.6 is 7.29 Å². The SMILES string of the molecule is CP(=O)(Cc1ccc(-c2noc(C(F)(F)F)n2)cc1)NCc1ccccc1. The molecule has 3 rings (SSSR count). The lowest BCUT2D eigenvalue weighted by Gasteiger charge is -2.15. The summed E-state index contributed by atoms with van der Waals surface area (Å²) in [5.74, 6) is -1.53. The summed E-state index contributed by atoms with van der Waals surface area (Å²) >= 11 is 0. The zero-order chi connectivity index (χ0) is 19.5. The lowest BCUT2D eigenvalue weighted by molar-refractivity contribution is -0.159. The lowest BCUT2D eigenvalue weighted by Crippen LogP contribution is -2.10. The van der Waals surface area contributed by atoms with E-state index in [9.17, 15) is 17.7 Å². The van der Waals surface area contributed by atoms with Gasteiger partial charge in [-0.1, -0.05) is 59.8 Å². The van der Waals surface area contributed by atoms with Crippen LogP contribution in [0.25, 0.3) is 11.4 Å². The van der Waals surface area contributed by atoms with Gasteiger partial charge in [0.15, 0.2) is 0 Å². The van der Waals surface area contributed by atoms with Gasteiger partial charge in [-0.2, -0.15) is 18.2 Å². The van der Waals surface area contributed by atoms with E-state index in [0.717, 1.165) is 11.1 Å². The normalized spacial score (nSPS) is 14.1. The largest absolute Gasteiger partial charge is 0.471 e. The number of hydrogen-bond donors (Lipinski definition) is 1. The van der Waals surface area contributed by atoms with Crippen LogP contribution in [0.4, 0.5) is 13.2 Å². The molecule has 5 nitrogen and oxygen atoms in total. The molecule has 27 heavy (non-hydrogen) atoms. The van der Waals surface area contributed by atoms with Crippen LogP contribution in [0.5, 0.6) is 0 Å². The third kappa shape index (κ3) is 5.28. The van der Waals surface area contributed by atoms with Crippen molar-refractivity contribution in [2.75, 3.05) is 6.66 Å². The van der Waals surface area contributed by atoms with Gasteiger partial charge in [-0.05, 0) is 11.1 Å². The number of hydrogen-bond acceptors (Lipinski definition) is 4. The van der Waals surface area contributed by atoms with Crippen molar-refractivity contribution in [3.8, 4) is 11.4 Å². The van der Waals surface area contributed by atoms with Gasteiger partial charge in [-0.25, -0.2) is 0 Å². The monoisotopic (exact) mass is 395 g/mol. The fourth-order valence-electron chi connectivity index (χ4n) is 2.47. The second-order valence-corrected chi connectivity index (χ2v) is 9.03. The van der Waals surface area contributed by atoms with Crippen molar-refractivity contribution in [3.63, 3.8) is 0 Å². The predicted octanol–water partition coefficient (Wildman–Crippen LogP) is 4.95. The molecule has 0 radical (unpaired) electrons. The van der Waals surface area contributed by atoms with Crippen LogP contribution in [0.2, 0.25) is 0 Å². The smallest absolute Gasteiger partial charge is 0.329 e. The summed E-state index contributed by atoms with van der Waals surface area (Å²) in [6.07, 6.45) is -4.36. The van der Waals surface area contributed by atoms with Crippen molar-refractivity contribution in [3.05, 3.63) is 71.6 Å². The molecule has 1 N–H and O–H groups in total. The first kappa shape index (κ1) is 19.3. The number of nitrogens with one attached hydrogen (secondary N) is 1. The number of rotatable bonds is 6. The van der Waals surface area contributed by atoms with Gasteiger partial charge < -0.3 is 9.09 Å². The topological polar surface area (TPSA) is 68.0 Å². The minimum atomic E-state index is -4.68. The summed E-state index contributed by atoms with van der Waals surface area (Å²) in [6, 6.07) is 16.2. The van der Waals surface area contributed by atoms with Crippen LogP contribution < -0.4 is 5.09 Å². The Balaban J connectivity index is 1.64. The minimum absolute atomic E-state index is 0.143. The van der Waals surface area contributed by atoms with Crippen LogP contribution in [0, 0.1) is 0 Å². The maximum Gasteiger partial charge on any atom is 0.471 e. The highest BCUT2D eigenvalue weighted by Crippen LogP contribution is 2.41. The molecule has 0 aliphatic rings. The Labute approximate surface area is 154 Å². The number of nitrogens with zero attached hydrogens (tertiary/aromatic N) is 2. The summed E-state index contributed by atoms with van der Waals surface area (Å²) in [4.78, 5) is 3.35. The standard InChI is InChI=1S/C18H17F3N3O2P/c1-27(25,22-11-13-5-3-2-4-6-13)12-14-7-9-15(10-8-14)16-23-17(26-24-16)18(19,20)21/h2-10H,11-12H2,1H3,(H,22,25). The van der Waals surface area contributed by atoms with E-state index in [0.29, 0.717) is 18.3 Å². The van der Waals surface area contributed by atoms with Crippen LogP contribution in [0.1, 0.15) is 17.0 Å². The molecule has 3 aromatic rings. The molecule has 0 aliphatic carbocycles.